The minimum Gasteiger partial charge on any atom is -0.341 e. The molecule has 13 heteroatoms. The van der Waals surface area contributed by atoms with E-state index in [1.54, 1.807) is 37.1 Å². The summed E-state index contributed by atoms with van der Waals surface area (Å²) in [4.78, 5) is 29.1. The number of halogens is 2. The number of anilines is 2. The number of nitrogens with zero attached hydrogens (tertiary/aromatic N) is 7. The van der Waals surface area contributed by atoms with Gasteiger partial charge in [-0.2, -0.15) is 15.1 Å². The van der Waals surface area contributed by atoms with Gasteiger partial charge >= 0.3 is 11.8 Å². The average Bonchev–Trinajstić information content (AvgIpc) is 3.45. The molecule has 0 saturated heterocycles. The van der Waals surface area contributed by atoms with Gasteiger partial charge in [0.05, 0.1) is 28.5 Å². The van der Waals surface area contributed by atoms with Gasteiger partial charge in [-0.25, -0.2) is 14.4 Å². The third kappa shape index (κ3) is 5.27. The molecule has 1 aromatic carbocycles. The van der Waals surface area contributed by atoms with Crippen molar-refractivity contribution in [1.82, 2.24) is 40.2 Å². The van der Waals surface area contributed by atoms with E-state index < -0.39 is 17.8 Å². The third-order valence-corrected chi connectivity index (χ3v) is 5.38. The largest absolute Gasteiger partial charge is 0.341 e. The Bertz CT molecular complexity index is 1380. The van der Waals surface area contributed by atoms with Crippen LogP contribution in [0.25, 0.3) is 11.4 Å². The van der Waals surface area contributed by atoms with Gasteiger partial charge in [-0.3, -0.25) is 9.48 Å². The lowest BCUT2D eigenvalue weighted by Crippen LogP contribution is -2.27. The summed E-state index contributed by atoms with van der Waals surface area (Å²) < 4.78 is 21.9. The van der Waals surface area contributed by atoms with Crippen LogP contribution in [0, 0.1) is 5.82 Å². The molecule has 182 valence electrons. The van der Waals surface area contributed by atoms with E-state index in [4.69, 9.17) is 16.1 Å². The van der Waals surface area contributed by atoms with Crippen LogP contribution in [0.4, 0.5) is 16.0 Å². The van der Waals surface area contributed by atoms with Crippen molar-refractivity contribution in [3.05, 3.63) is 59.0 Å². The second kappa shape index (κ2) is 9.37. The lowest BCUT2D eigenvalue weighted by atomic mass is 9.96. The third-order valence-electron chi connectivity index (χ3n) is 4.99. The lowest BCUT2D eigenvalue weighted by molar-refractivity contribution is 0.0895. The van der Waals surface area contributed by atoms with Crippen molar-refractivity contribution in [2.45, 2.75) is 39.2 Å². The smallest absolute Gasteiger partial charge is 0.315 e. The molecule has 0 saturated carbocycles. The molecule has 0 aliphatic carbocycles. The minimum absolute atomic E-state index is 0.0839. The first-order valence-electron chi connectivity index (χ1n) is 10.6. The van der Waals surface area contributed by atoms with E-state index in [1.165, 1.54) is 12.4 Å². The van der Waals surface area contributed by atoms with Gasteiger partial charge < -0.3 is 15.2 Å². The Labute approximate surface area is 205 Å². The molecular formula is C22H23ClFN9O2. The molecule has 11 nitrogen and oxygen atoms in total. The molecule has 0 radical (unpaired) electrons. The van der Waals surface area contributed by atoms with Gasteiger partial charge in [-0.1, -0.05) is 43.6 Å². The number of amides is 1. The van der Waals surface area contributed by atoms with Gasteiger partial charge in [0.1, 0.15) is 6.33 Å². The zero-order valence-corrected chi connectivity index (χ0v) is 20.4. The van der Waals surface area contributed by atoms with Crippen LogP contribution in [0.15, 0.2) is 35.4 Å². The summed E-state index contributed by atoms with van der Waals surface area (Å²) in [6, 6.07) is 2.44. The number of nitrogens with one attached hydrogen (secondary N) is 2. The average molecular weight is 500 g/mol. The van der Waals surface area contributed by atoms with Crippen molar-refractivity contribution in [2.24, 2.45) is 7.05 Å². The number of benzene rings is 1. The van der Waals surface area contributed by atoms with Gasteiger partial charge in [0.2, 0.25) is 5.95 Å². The first-order chi connectivity index (χ1) is 16.5. The van der Waals surface area contributed by atoms with Crippen LogP contribution in [0.2, 0.25) is 5.02 Å². The van der Waals surface area contributed by atoms with E-state index in [0.29, 0.717) is 17.1 Å². The molecule has 0 aliphatic heterocycles. The highest BCUT2D eigenvalue weighted by molar-refractivity contribution is 6.31. The molecule has 0 unspecified atom stereocenters. The SMILES string of the molecule is C[C@@H](NC(=O)c1nc(C(C)(C)C)no1)c1ccc(-c2ncnc(Nc3cnn(C)c3)n2)c(F)c1Cl. The molecule has 0 bridgehead atoms. The summed E-state index contributed by atoms with van der Waals surface area (Å²) in [5.74, 6) is -0.791. The molecule has 3 heterocycles. The maximum atomic E-state index is 15.2. The van der Waals surface area contributed by atoms with Crippen LogP contribution >= 0.6 is 11.6 Å². The van der Waals surface area contributed by atoms with Crippen molar-refractivity contribution in [3.8, 4) is 11.4 Å². The zero-order valence-electron chi connectivity index (χ0n) is 19.7. The monoisotopic (exact) mass is 499 g/mol. The highest BCUT2D eigenvalue weighted by Gasteiger charge is 2.26. The van der Waals surface area contributed by atoms with Crippen molar-refractivity contribution in [2.75, 3.05) is 5.32 Å². The second-order valence-electron chi connectivity index (χ2n) is 8.86. The van der Waals surface area contributed by atoms with E-state index in [1.807, 2.05) is 20.8 Å². The van der Waals surface area contributed by atoms with E-state index in [2.05, 4.69) is 40.8 Å². The van der Waals surface area contributed by atoms with Crippen LogP contribution in [-0.4, -0.2) is 40.8 Å². The molecule has 0 aliphatic rings. The number of hydrogen-bond acceptors (Lipinski definition) is 9. The van der Waals surface area contributed by atoms with Crippen LogP contribution in [-0.2, 0) is 12.5 Å². The molecule has 1 amide bonds. The van der Waals surface area contributed by atoms with E-state index in [9.17, 15) is 4.79 Å². The first kappa shape index (κ1) is 24.2. The first-order valence-corrected chi connectivity index (χ1v) is 11.0. The Balaban J connectivity index is 1.53. The summed E-state index contributed by atoms with van der Waals surface area (Å²) in [5, 5.41) is 13.4. The number of rotatable bonds is 6. The van der Waals surface area contributed by atoms with Crippen LogP contribution in [0.3, 0.4) is 0 Å². The number of carbonyl (C=O) groups is 1. The zero-order chi connectivity index (χ0) is 25.3. The Morgan fingerprint density at radius 1 is 1.23 bits per heavy atom. The van der Waals surface area contributed by atoms with Gasteiger partial charge in [0.25, 0.3) is 0 Å². The molecule has 4 aromatic rings. The van der Waals surface area contributed by atoms with E-state index >= 15 is 4.39 Å². The molecule has 3 aromatic heterocycles. The molecule has 4 rings (SSSR count). The Morgan fingerprint density at radius 2 is 2.00 bits per heavy atom. The summed E-state index contributed by atoms with van der Waals surface area (Å²) in [6.45, 7) is 7.36. The molecule has 1 atom stereocenters. The normalized spacial score (nSPS) is 12.4. The van der Waals surface area contributed by atoms with Gasteiger partial charge in [-0.15, -0.1) is 0 Å². The minimum atomic E-state index is -0.725. The van der Waals surface area contributed by atoms with Crippen molar-refractivity contribution in [1.29, 1.82) is 0 Å². The molecule has 35 heavy (non-hydrogen) atoms. The van der Waals surface area contributed by atoms with Crippen LogP contribution in [0.1, 0.15) is 55.8 Å². The quantitative estimate of drug-likeness (QED) is 0.403. The van der Waals surface area contributed by atoms with E-state index in [0.717, 1.165) is 0 Å². The predicted octanol–water partition coefficient (Wildman–Crippen LogP) is 3.98. The maximum absolute atomic E-state index is 15.2. The Hall–Kier alpha value is -3.93. The molecule has 0 spiro atoms. The molecule has 0 fully saturated rings. The highest BCUT2D eigenvalue weighted by atomic mass is 35.5. The second-order valence-corrected chi connectivity index (χ2v) is 9.24. The van der Waals surface area contributed by atoms with Crippen molar-refractivity contribution in [3.63, 3.8) is 0 Å². The van der Waals surface area contributed by atoms with Crippen LogP contribution < -0.4 is 10.6 Å². The number of carbonyl (C=O) groups excluding carboxylic acids is 1. The van der Waals surface area contributed by atoms with Crippen molar-refractivity contribution >= 4 is 29.1 Å². The van der Waals surface area contributed by atoms with Crippen molar-refractivity contribution < 1.29 is 13.7 Å². The highest BCUT2D eigenvalue weighted by Crippen LogP contribution is 2.32. The maximum Gasteiger partial charge on any atom is 0.315 e. The fourth-order valence-corrected chi connectivity index (χ4v) is 3.46. The fraction of sp³-hybridized carbons (Fsp3) is 0.318. The van der Waals surface area contributed by atoms with Gasteiger partial charge in [0, 0.05) is 18.7 Å². The lowest BCUT2D eigenvalue weighted by Gasteiger charge is -2.16. The topological polar surface area (TPSA) is 137 Å². The number of hydrogen-bond donors (Lipinski definition) is 2. The van der Waals surface area contributed by atoms with Gasteiger partial charge in [-0.05, 0) is 18.6 Å². The number of aromatic nitrogens is 7. The molecular weight excluding hydrogens is 477 g/mol. The Morgan fingerprint density at radius 3 is 2.66 bits per heavy atom. The number of aryl methyl sites for hydroxylation is 1. The van der Waals surface area contributed by atoms with Gasteiger partial charge in [0.15, 0.2) is 17.5 Å². The fourth-order valence-electron chi connectivity index (χ4n) is 3.13. The van der Waals surface area contributed by atoms with E-state index in [-0.39, 0.29) is 33.7 Å². The summed E-state index contributed by atoms with van der Waals surface area (Å²) in [6.07, 6.45) is 4.61. The summed E-state index contributed by atoms with van der Waals surface area (Å²) in [7, 11) is 1.78. The molecule has 2 N–H and O–H groups in total. The Kier molecular flexibility index (Phi) is 6.48. The summed E-state index contributed by atoms with van der Waals surface area (Å²) in [5.41, 5.74) is 0.734. The standard InChI is InChI=1S/C22H23ClFN9O2/c1-11(28-18(34)19-31-20(32-35-19)22(2,3)4)13-6-7-14(16(24)15(13)23)17-25-10-26-21(30-17)29-12-8-27-33(5)9-12/h6-11H,1-5H3,(H,28,34)(H,25,26,29,30)/t11-/m1/s1. The summed E-state index contributed by atoms with van der Waals surface area (Å²) >= 11 is 6.33. The predicted molar refractivity (Wildman–Crippen MR) is 126 cm³/mol. The van der Waals surface area contributed by atoms with Crippen LogP contribution in [0.5, 0.6) is 0 Å².